The summed E-state index contributed by atoms with van der Waals surface area (Å²) in [5.41, 5.74) is 0.620. The van der Waals surface area contributed by atoms with Gasteiger partial charge >= 0.3 is 0 Å². The standard InChI is InChI=1S/C14H20BrN3O/c1-2-7-16-13-12(8-10(15)9-17-13)14(19)18-11-5-3-4-6-11/h8-9,11H,2-7H2,1H3,(H,16,17)(H,18,19). The van der Waals surface area contributed by atoms with E-state index >= 15 is 0 Å². The summed E-state index contributed by atoms with van der Waals surface area (Å²) < 4.78 is 0.825. The highest BCUT2D eigenvalue weighted by molar-refractivity contribution is 9.10. The largest absolute Gasteiger partial charge is 0.369 e. The second-order valence-electron chi connectivity index (χ2n) is 4.93. The summed E-state index contributed by atoms with van der Waals surface area (Å²) in [6.07, 6.45) is 7.31. The summed E-state index contributed by atoms with van der Waals surface area (Å²) in [7, 11) is 0. The topological polar surface area (TPSA) is 54.0 Å². The van der Waals surface area contributed by atoms with Crippen LogP contribution in [0.5, 0.6) is 0 Å². The van der Waals surface area contributed by atoms with Crippen LogP contribution in [0, 0.1) is 0 Å². The molecule has 4 nitrogen and oxygen atoms in total. The lowest BCUT2D eigenvalue weighted by molar-refractivity contribution is 0.0938. The number of amides is 1. The summed E-state index contributed by atoms with van der Waals surface area (Å²) >= 11 is 3.38. The second kappa shape index (κ2) is 6.89. The van der Waals surface area contributed by atoms with Crippen molar-refractivity contribution >= 4 is 27.7 Å². The Hall–Kier alpha value is -1.10. The Labute approximate surface area is 122 Å². The van der Waals surface area contributed by atoms with Gasteiger partial charge in [0, 0.05) is 23.3 Å². The summed E-state index contributed by atoms with van der Waals surface area (Å²) in [6, 6.07) is 2.15. The normalized spacial score (nSPS) is 15.5. The van der Waals surface area contributed by atoms with Gasteiger partial charge in [0.1, 0.15) is 5.82 Å². The van der Waals surface area contributed by atoms with Crippen LogP contribution >= 0.6 is 15.9 Å². The number of carbonyl (C=O) groups is 1. The zero-order valence-electron chi connectivity index (χ0n) is 11.2. The van der Waals surface area contributed by atoms with Gasteiger partial charge in [-0.3, -0.25) is 4.79 Å². The van der Waals surface area contributed by atoms with Crippen LogP contribution in [0.2, 0.25) is 0 Å². The number of nitrogens with one attached hydrogen (secondary N) is 2. The lowest BCUT2D eigenvalue weighted by Crippen LogP contribution is -2.33. The molecule has 1 heterocycles. The molecule has 104 valence electrons. The Kier molecular flexibility index (Phi) is 5.19. The molecule has 0 aromatic carbocycles. The van der Waals surface area contributed by atoms with E-state index in [-0.39, 0.29) is 5.91 Å². The number of rotatable bonds is 5. The van der Waals surface area contributed by atoms with Gasteiger partial charge in [-0.1, -0.05) is 19.8 Å². The Morgan fingerprint density at radius 1 is 1.47 bits per heavy atom. The molecule has 0 unspecified atom stereocenters. The Morgan fingerprint density at radius 3 is 2.89 bits per heavy atom. The highest BCUT2D eigenvalue weighted by Gasteiger charge is 2.20. The third-order valence-corrected chi connectivity index (χ3v) is 3.77. The highest BCUT2D eigenvalue weighted by Crippen LogP contribution is 2.21. The minimum atomic E-state index is -0.0284. The molecule has 5 heteroatoms. The van der Waals surface area contributed by atoms with E-state index in [1.54, 1.807) is 6.20 Å². The minimum absolute atomic E-state index is 0.0284. The smallest absolute Gasteiger partial charge is 0.255 e. The van der Waals surface area contributed by atoms with Crippen LogP contribution in [0.25, 0.3) is 0 Å². The Balaban J connectivity index is 2.11. The molecule has 1 aliphatic rings. The van der Waals surface area contributed by atoms with Crippen LogP contribution in [-0.4, -0.2) is 23.5 Å². The third kappa shape index (κ3) is 3.93. The molecular weight excluding hydrogens is 306 g/mol. The number of nitrogens with zero attached hydrogens (tertiary/aromatic N) is 1. The molecule has 0 radical (unpaired) electrons. The third-order valence-electron chi connectivity index (χ3n) is 3.33. The number of halogens is 1. The van der Waals surface area contributed by atoms with Crippen molar-refractivity contribution in [2.24, 2.45) is 0 Å². The predicted octanol–water partition coefficient (Wildman–Crippen LogP) is 3.34. The maximum atomic E-state index is 12.3. The van der Waals surface area contributed by atoms with Crippen molar-refractivity contribution in [1.29, 1.82) is 0 Å². The predicted molar refractivity (Wildman–Crippen MR) is 80.4 cm³/mol. The zero-order chi connectivity index (χ0) is 13.7. The molecule has 0 saturated heterocycles. The van der Waals surface area contributed by atoms with Crippen molar-refractivity contribution in [2.45, 2.75) is 45.1 Å². The van der Waals surface area contributed by atoms with E-state index in [2.05, 4.69) is 38.5 Å². The van der Waals surface area contributed by atoms with Crippen molar-refractivity contribution in [1.82, 2.24) is 10.3 Å². The monoisotopic (exact) mass is 325 g/mol. The number of hydrogen-bond acceptors (Lipinski definition) is 3. The molecule has 1 aliphatic carbocycles. The highest BCUT2D eigenvalue weighted by atomic mass is 79.9. The van der Waals surface area contributed by atoms with Gasteiger partial charge in [-0.2, -0.15) is 0 Å². The molecule has 2 rings (SSSR count). The fraction of sp³-hybridized carbons (Fsp3) is 0.571. The molecule has 1 saturated carbocycles. The average Bonchev–Trinajstić information content (AvgIpc) is 2.90. The van der Waals surface area contributed by atoms with Crippen LogP contribution < -0.4 is 10.6 Å². The number of anilines is 1. The number of hydrogen-bond donors (Lipinski definition) is 2. The minimum Gasteiger partial charge on any atom is -0.369 e. The van der Waals surface area contributed by atoms with Crippen LogP contribution in [0.4, 0.5) is 5.82 Å². The maximum absolute atomic E-state index is 12.3. The van der Waals surface area contributed by atoms with Crippen molar-refractivity contribution in [2.75, 3.05) is 11.9 Å². The van der Waals surface area contributed by atoms with Gasteiger partial charge in [-0.25, -0.2) is 4.98 Å². The zero-order valence-corrected chi connectivity index (χ0v) is 12.8. The lowest BCUT2D eigenvalue weighted by atomic mass is 10.2. The van der Waals surface area contributed by atoms with Crippen LogP contribution in [0.15, 0.2) is 16.7 Å². The van der Waals surface area contributed by atoms with E-state index < -0.39 is 0 Å². The summed E-state index contributed by atoms with van der Waals surface area (Å²) in [6.45, 7) is 2.91. The fourth-order valence-electron chi connectivity index (χ4n) is 2.33. The first kappa shape index (κ1) is 14.3. The Bertz CT molecular complexity index is 444. The van der Waals surface area contributed by atoms with E-state index in [0.29, 0.717) is 17.4 Å². The molecule has 1 amide bonds. The second-order valence-corrected chi connectivity index (χ2v) is 5.85. The molecule has 1 fully saturated rings. The maximum Gasteiger partial charge on any atom is 0.255 e. The molecule has 2 N–H and O–H groups in total. The molecule has 0 bridgehead atoms. The van der Waals surface area contributed by atoms with E-state index in [1.165, 1.54) is 12.8 Å². The molecule has 1 aromatic rings. The van der Waals surface area contributed by atoms with E-state index in [4.69, 9.17) is 0 Å². The van der Waals surface area contributed by atoms with Gasteiger partial charge < -0.3 is 10.6 Å². The van der Waals surface area contributed by atoms with Gasteiger partial charge in [-0.05, 0) is 41.3 Å². The fourth-order valence-corrected chi connectivity index (χ4v) is 2.66. The summed E-state index contributed by atoms with van der Waals surface area (Å²) in [5.74, 6) is 0.639. The first-order valence-corrected chi connectivity index (χ1v) is 7.70. The first-order valence-electron chi connectivity index (χ1n) is 6.91. The van der Waals surface area contributed by atoms with Gasteiger partial charge in [0.15, 0.2) is 0 Å². The Morgan fingerprint density at radius 2 is 2.21 bits per heavy atom. The molecular formula is C14H20BrN3O. The van der Waals surface area contributed by atoms with Crippen LogP contribution in [-0.2, 0) is 0 Å². The van der Waals surface area contributed by atoms with E-state index in [9.17, 15) is 4.79 Å². The van der Waals surface area contributed by atoms with Gasteiger partial charge in [0.05, 0.1) is 5.56 Å². The SMILES string of the molecule is CCCNc1ncc(Br)cc1C(=O)NC1CCCC1. The number of aromatic nitrogens is 1. The molecule has 19 heavy (non-hydrogen) atoms. The lowest BCUT2D eigenvalue weighted by Gasteiger charge is -2.14. The summed E-state index contributed by atoms with van der Waals surface area (Å²) in [4.78, 5) is 16.6. The molecule has 0 spiro atoms. The molecule has 1 aromatic heterocycles. The van der Waals surface area contributed by atoms with Gasteiger partial charge in [0.25, 0.3) is 5.91 Å². The van der Waals surface area contributed by atoms with Gasteiger partial charge in [0.2, 0.25) is 0 Å². The summed E-state index contributed by atoms with van der Waals surface area (Å²) in [5, 5.41) is 6.30. The first-order chi connectivity index (χ1) is 9.20. The van der Waals surface area contributed by atoms with Crippen LogP contribution in [0.3, 0.4) is 0 Å². The van der Waals surface area contributed by atoms with Crippen molar-refractivity contribution in [3.63, 3.8) is 0 Å². The number of carbonyl (C=O) groups excluding carboxylic acids is 1. The van der Waals surface area contributed by atoms with E-state index in [1.807, 2.05) is 6.07 Å². The van der Waals surface area contributed by atoms with Crippen molar-refractivity contribution < 1.29 is 4.79 Å². The van der Waals surface area contributed by atoms with Crippen molar-refractivity contribution in [3.05, 3.63) is 22.3 Å². The van der Waals surface area contributed by atoms with Gasteiger partial charge in [-0.15, -0.1) is 0 Å². The molecule has 0 atom stereocenters. The molecule has 0 aliphatic heterocycles. The number of pyridine rings is 1. The van der Waals surface area contributed by atoms with Crippen LogP contribution in [0.1, 0.15) is 49.4 Å². The quantitative estimate of drug-likeness (QED) is 0.873. The van der Waals surface area contributed by atoms with Crippen molar-refractivity contribution in [3.8, 4) is 0 Å². The van der Waals surface area contributed by atoms with E-state index in [0.717, 1.165) is 30.3 Å². The average molecular weight is 326 g/mol.